The molecule has 0 atom stereocenters. The summed E-state index contributed by atoms with van der Waals surface area (Å²) in [6, 6.07) is 12.3. The smallest absolute Gasteiger partial charge is 0.333 e. The van der Waals surface area contributed by atoms with Crippen molar-refractivity contribution in [2.24, 2.45) is 0 Å². The normalized spacial score (nSPS) is 11.7. The van der Waals surface area contributed by atoms with E-state index in [1.54, 1.807) is 29.6 Å². The van der Waals surface area contributed by atoms with Crippen molar-refractivity contribution in [1.29, 1.82) is 0 Å². The molecule has 3 aromatic heterocycles. The molecule has 0 bridgehead atoms. The van der Waals surface area contributed by atoms with Gasteiger partial charge in [0.25, 0.3) is 15.6 Å². The number of aromatic nitrogens is 5. The second-order valence-corrected chi connectivity index (χ2v) is 11.5. The molecule has 202 valence electrons. The highest BCUT2D eigenvalue weighted by Crippen LogP contribution is 2.19. The van der Waals surface area contributed by atoms with Gasteiger partial charge >= 0.3 is 5.69 Å². The average molecular weight is 569 g/mol. The van der Waals surface area contributed by atoms with Crippen LogP contribution < -0.4 is 16.0 Å². The van der Waals surface area contributed by atoms with Crippen molar-refractivity contribution in [3.63, 3.8) is 0 Å². The predicted octanol–water partition coefficient (Wildman–Crippen LogP) is 3.72. The summed E-state index contributed by atoms with van der Waals surface area (Å²) < 4.78 is 44.4. The van der Waals surface area contributed by atoms with Crippen LogP contribution in [-0.2, 0) is 29.5 Å². The van der Waals surface area contributed by atoms with E-state index in [-0.39, 0.29) is 39.7 Å². The number of H-pyrrole nitrogens is 1. The van der Waals surface area contributed by atoms with Crippen LogP contribution in [-0.4, -0.2) is 32.5 Å². The van der Waals surface area contributed by atoms with Crippen LogP contribution in [0.2, 0.25) is 0 Å². The highest BCUT2D eigenvalue weighted by molar-refractivity contribution is 7.93. The third-order valence-corrected chi connectivity index (χ3v) is 8.36. The molecule has 10 nitrogen and oxygen atoms in total. The predicted molar refractivity (Wildman–Crippen MR) is 147 cm³/mol. The number of thiazole rings is 1. The Hall–Kier alpha value is -4.10. The third kappa shape index (κ3) is 5.54. The van der Waals surface area contributed by atoms with Crippen molar-refractivity contribution in [2.45, 2.75) is 44.2 Å². The first-order valence-electron chi connectivity index (χ1n) is 12.2. The maximum atomic E-state index is 14.3. The lowest BCUT2D eigenvalue weighted by molar-refractivity contribution is 0.553. The fourth-order valence-corrected chi connectivity index (χ4v) is 5.97. The van der Waals surface area contributed by atoms with E-state index >= 15 is 0 Å². The van der Waals surface area contributed by atoms with Gasteiger partial charge in [-0.2, -0.15) is 0 Å². The van der Waals surface area contributed by atoms with E-state index in [0.29, 0.717) is 18.8 Å². The fraction of sp³-hybridized carbons (Fsp3) is 0.231. The minimum Gasteiger partial charge on any atom is -0.336 e. The number of nitrogens with one attached hydrogen (secondary N) is 2. The Morgan fingerprint density at radius 3 is 2.54 bits per heavy atom. The molecule has 0 aliphatic carbocycles. The van der Waals surface area contributed by atoms with Crippen molar-refractivity contribution in [2.75, 3.05) is 4.72 Å². The van der Waals surface area contributed by atoms with Crippen LogP contribution in [0.15, 0.2) is 74.6 Å². The zero-order valence-corrected chi connectivity index (χ0v) is 22.6. The lowest BCUT2D eigenvalue weighted by atomic mass is 10.1. The second-order valence-electron chi connectivity index (χ2n) is 8.92. The molecule has 0 aliphatic heterocycles. The Labute approximate surface area is 226 Å². The largest absolute Gasteiger partial charge is 0.336 e. The first-order chi connectivity index (χ1) is 18.8. The summed E-state index contributed by atoms with van der Waals surface area (Å²) in [7, 11) is -3.79. The van der Waals surface area contributed by atoms with E-state index in [2.05, 4.69) is 19.7 Å². The van der Waals surface area contributed by atoms with Gasteiger partial charge in [0.2, 0.25) is 0 Å². The lowest BCUT2D eigenvalue weighted by Gasteiger charge is -2.11. The number of sulfonamides is 1. The van der Waals surface area contributed by atoms with E-state index < -0.39 is 27.1 Å². The molecule has 0 aliphatic rings. The average Bonchev–Trinajstić information content (AvgIpc) is 3.58. The Morgan fingerprint density at radius 2 is 1.85 bits per heavy atom. The number of fused-ring (bicyclic) bond motifs is 1. The third-order valence-electron chi connectivity index (χ3n) is 6.19. The van der Waals surface area contributed by atoms with Gasteiger partial charge in [0, 0.05) is 30.1 Å². The van der Waals surface area contributed by atoms with Crippen molar-refractivity contribution in [3.8, 4) is 0 Å². The monoisotopic (exact) mass is 568 g/mol. The fourth-order valence-electron chi connectivity index (χ4n) is 4.18. The molecule has 0 saturated carbocycles. The molecule has 2 N–H and O–H groups in total. The zero-order chi connectivity index (χ0) is 27.6. The molecule has 13 heteroatoms. The molecular formula is C26H25FN6O4S2. The number of aryl methyl sites for hydroxylation is 1. The van der Waals surface area contributed by atoms with Crippen molar-refractivity contribution in [3.05, 3.63) is 104 Å². The van der Waals surface area contributed by atoms with E-state index in [0.717, 1.165) is 16.6 Å². The number of benzene rings is 2. The first-order valence-corrected chi connectivity index (χ1v) is 14.6. The Bertz CT molecular complexity index is 1840. The molecule has 39 heavy (non-hydrogen) atoms. The standard InChI is InChI=1S/C26H25FN6O4S2/c1-2-3-13-32-23-22(24(34)33(26(32)35)16-18-6-4-5-7-20(18)27)29-21(30-23)15-17-8-10-19(11-9-17)39(36,37)31-25-28-12-14-38-25/h4-12,14H,2-3,13,15-16H2,1H3,(H,28,31)(H,29,30). The van der Waals surface area contributed by atoms with Gasteiger partial charge in [-0.05, 0) is 30.2 Å². The summed E-state index contributed by atoms with van der Waals surface area (Å²) in [6.07, 6.45) is 3.30. The molecule has 2 aromatic carbocycles. The molecule has 0 amide bonds. The molecule has 0 saturated heterocycles. The minimum atomic E-state index is -3.79. The lowest BCUT2D eigenvalue weighted by Crippen LogP contribution is -2.40. The SMILES string of the molecule is CCCCn1c(=O)n(Cc2ccccc2F)c(=O)c2[nH]c(Cc3ccc(S(=O)(=O)Nc4nccs4)cc3)nc21. The first kappa shape index (κ1) is 26.5. The molecule has 5 rings (SSSR count). The van der Waals surface area contributed by atoms with Gasteiger partial charge in [-0.25, -0.2) is 27.6 Å². The summed E-state index contributed by atoms with van der Waals surface area (Å²) in [5.74, 6) is -0.0616. The summed E-state index contributed by atoms with van der Waals surface area (Å²) in [5, 5.41) is 1.95. The zero-order valence-electron chi connectivity index (χ0n) is 20.9. The van der Waals surface area contributed by atoms with Crippen LogP contribution in [0.1, 0.15) is 36.7 Å². The molecule has 3 heterocycles. The molecule has 0 spiro atoms. The number of aromatic amines is 1. The Morgan fingerprint density at radius 1 is 1.08 bits per heavy atom. The highest BCUT2D eigenvalue weighted by Gasteiger charge is 2.19. The van der Waals surface area contributed by atoms with Gasteiger partial charge in [-0.3, -0.25) is 18.7 Å². The number of nitrogens with zero attached hydrogens (tertiary/aromatic N) is 4. The Kier molecular flexibility index (Phi) is 7.44. The molecule has 0 radical (unpaired) electrons. The van der Waals surface area contributed by atoms with Gasteiger partial charge in [0.05, 0.1) is 11.4 Å². The second kappa shape index (κ2) is 10.9. The van der Waals surface area contributed by atoms with Crippen LogP contribution in [0.25, 0.3) is 11.2 Å². The van der Waals surface area contributed by atoms with Crippen molar-refractivity contribution < 1.29 is 12.8 Å². The number of unbranched alkanes of at least 4 members (excludes halogenated alkanes) is 1. The maximum Gasteiger partial charge on any atom is 0.333 e. The van der Waals surface area contributed by atoms with Crippen LogP contribution >= 0.6 is 11.3 Å². The van der Waals surface area contributed by atoms with Gasteiger partial charge in [0.1, 0.15) is 17.2 Å². The molecule has 0 fully saturated rings. The van der Waals surface area contributed by atoms with Gasteiger partial charge in [0.15, 0.2) is 10.8 Å². The Balaban J connectivity index is 1.47. The van der Waals surface area contributed by atoms with Gasteiger partial charge < -0.3 is 4.98 Å². The maximum absolute atomic E-state index is 14.3. The quantitative estimate of drug-likeness (QED) is 0.264. The molecule has 5 aromatic rings. The molecular weight excluding hydrogens is 543 g/mol. The number of hydrogen-bond acceptors (Lipinski definition) is 7. The van der Waals surface area contributed by atoms with Crippen LogP contribution in [0.3, 0.4) is 0 Å². The van der Waals surface area contributed by atoms with Crippen LogP contribution in [0.5, 0.6) is 0 Å². The van der Waals surface area contributed by atoms with Crippen molar-refractivity contribution >= 4 is 37.7 Å². The topological polar surface area (TPSA) is 132 Å². The molecule has 0 unspecified atom stereocenters. The summed E-state index contributed by atoms with van der Waals surface area (Å²) in [6.45, 7) is 2.14. The van der Waals surface area contributed by atoms with Gasteiger partial charge in [-0.15, -0.1) is 11.3 Å². The van der Waals surface area contributed by atoms with E-state index in [1.807, 2.05) is 6.92 Å². The number of imidazole rings is 1. The summed E-state index contributed by atoms with van der Waals surface area (Å²) in [4.78, 5) is 38.2. The summed E-state index contributed by atoms with van der Waals surface area (Å²) in [5.41, 5.74) is 0.242. The number of halogens is 1. The van der Waals surface area contributed by atoms with Crippen LogP contribution in [0, 0.1) is 5.82 Å². The van der Waals surface area contributed by atoms with E-state index in [4.69, 9.17) is 0 Å². The van der Waals surface area contributed by atoms with Crippen molar-refractivity contribution in [1.82, 2.24) is 24.1 Å². The van der Waals surface area contributed by atoms with E-state index in [1.165, 1.54) is 46.4 Å². The highest BCUT2D eigenvalue weighted by atomic mass is 32.2. The van der Waals surface area contributed by atoms with E-state index in [9.17, 15) is 22.4 Å². The minimum absolute atomic E-state index is 0.0792. The number of hydrogen-bond donors (Lipinski definition) is 2. The van der Waals surface area contributed by atoms with Crippen LogP contribution in [0.4, 0.5) is 9.52 Å². The van der Waals surface area contributed by atoms with Gasteiger partial charge in [-0.1, -0.05) is 43.7 Å². The summed E-state index contributed by atoms with van der Waals surface area (Å²) >= 11 is 1.18. The number of anilines is 1. The number of rotatable bonds is 10.